The number of fused-ring (bicyclic) bond motifs is 8. The van der Waals surface area contributed by atoms with Crippen LogP contribution in [0.15, 0.2) is 215 Å². The Balaban J connectivity index is 0.000000122. The Morgan fingerprint density at radius 1 is 0.431 bits per heavy atom. The molecule has 0 aliphatic carbocycles. The first-order chi connectivity index (χ1) is 62.8. The van der Waals surface area contributed by atoms with Crippen molar-refractivity contribution in [3.05, 3.63) is 264 Å². The summed E-state index contributed by atoms with van der Waals surface area (Å²) in [7, 11) is -3.02. The lowest BCUT2D eigenvalue weighted by molar-refractivity contribution is -0.129. The van der Waals surface area contributed by atoms with E-state index < -0.39 is 31.3 Å². The van der Waals surface area contributed by atoms with E-state index in [2.05, 4.69) is 112 Å². The minimum Gasteiger partial charge on any atom is -0.337 e. The molecule has 0 saturated heterocycles. The summed E-state index contributed by atoms with van der Waals surface area (Å²) in [6, 6.07) is 64.0. The van der Waals surface area contributed by atoms with E-state index in [1.165, 1.54) is 64.3 Å². The zero-order valence-electron chi connectivity index (χ0n) is 71.8. The Morgan fingerprint density at radius 3 is 1.27 bits per heavy atom. The number of anilines is 4. The Hall–Kier alpha value is -10.9. The number of benzene rings is 8. The van der Waals surface area contributed by atoms with Crippen LogP contribution >= 0.6 is 102 Å². The fourth-order valence-corrected chi connectivity index (χ4v) is 28.6. The molecular weight excluding hydrogens is 1840 g/mol. The summed E-state index contributed by atoms with van der Waals surface area (Å²) in [6.07, 6.45) is 3.39. The second-order valence-electron chi connectivity index (χ2n) is 31.9. The molecule has 16 aromatic rings. The van der Waals surface area contributed by atoms with Crippen LogP contribution in [0, 0.1) is 25.2 Å². The molecule has 662 valence electrons. The number of carbonyl (C=O) groups is 5. The lowest BCUT2D eigenvalue weighted by Crippen LogP contribution is -2.33. The van der Waals surface area contributed by atoms with E-state index in [1.807, 2.05) is 90.7 Å². The first-order valence-electron chi connectivity index (χ1n) is 42.2. The minimum absolute atomic E-state index is 0.0277. The predicted molar refractivity (Wildman–Crippen MR) is 535 cm³/mol. The van der Waals surface area contributed by atoms with Gasteiger partial charge in [0, 0.05) is 111 Å². The van der Waals surface area contributed by atoms with Gasteiger partial charge in [-0.15, -0.1) is 102 Å². The number of rotatable bonds is 20. The maximum Gasteiger partial charge on any atom is 0.256 e. The zero-order chi connectivity index (χ0) is 90.5. The molecule has 5 amide bonds. The third-order valence-corrected chi connectivity index (χ3v) is 35.8. The average Bonchev–Trinajstić information content (AvgIpc) is 1.62. The van der Waals surface area contributed by atoms with Crippen molar-refractivity contribution in [3.63, 3.8) is 0 Å². The fraction of sp³-hybridized carbons (Fsp3) is 0.237. The quantitative estimate of drug-likeness (QED) is 0.0516. The van der Waals surface area contributed by atoms with E-state index in [4.69, 9.17) is 25.2 Å². The van der Waals surface area contributed by atoms with Crippen LogP contribution in [0.25, 0.3) is 83.2 Å². The molecule has 4 aliphatic rings. The minimum atomic E-state index is -3.73. The van der Waals surface area contributed by atoms with E-state index in [-0.39, 0.29) is 45.6 Å². The van der Waals surface area contributed by atoms with Crippen LogP contribution in [0.5, 0.6) is 0 Å². The maximum atomic E-state index is 13.0. The first kappa shape index (κ1) is 91.0. The van der Waals surface area contributed by atoms with Crippen LogP contribution in [-0.2, 0) is 90.7 Å². The highest BCUT2D eigenvalue weighted by atomic mass is 32.2. The Morgan fingerprint density at radius 2 is 0.823 bits per heavy atom. The third-order valence-electron chi connectivity index (χ3n) is 22.7. The normalized spacial score (nSPS) is 13.9. The molecule has 0 bridgehead atoms. The van der Waals surface area contributed by atoms with Crippen LogP contribution in [0.2, 0.25) is 0 Å². The van der Waals surface area contributed by atoms with Gasteiger partial charge in [-0.25, -0.2) is 36.8 Å². The van der Waals surface area contributed by atoms with E-state index in [1.54, 1.807) is 166 Å². The number of amides is 5. The molecule has 22 nitrogen and oxygen atoms in total. The number of hydrogen-bond acceptors (Lipinski definition) is 26. The summed E-state index contributed by atoms with van der Waals surface area (Å²) in [6.45, 7) is 15.4. The molecule has 0 spiro atoms. The molecule has 0 radical (unpaired) electrons. The number of likely N-dealkylation sites (N-methyl/N-ethyl adjacent to an activating group) is 3. The van der Waals surface area contributed by atoms with Gasteiger partial charge in [-0.05, 0) is 192 Å². The molecule has 33 heteroatoms. The number of thiazole rings is 4. The van der Waals surface area contributed by atoms with Gasteiger partial charge in [0.1, 0.15) is 45.8 Å². The molecule has 8 aromatic heterocycles. The highest BCUT2D eigenvalue weighted by Crippen LogP contribution is 2.51. The van der Waals surface area contributed by atoms with Crippen molar-refractivity contribution in [1.82, 2.24) is 39.5 Å². The highest BCUT2D eigenvalue weighted by Gasteiger charge is 2.34. The van der Waals surface area contributed by atoms with Gasteiger partial charge in [-0.1, -0.05) is 109 Å². The van der Waals surface area contributed by atoms with E-state index in [0.29, 0.717) is 35.0 Å². The Bertz CT molecular complexity index is 7120. The summed E-state index contributed by atoms with van der Waals surface area (Å²) in [5, 5.41) is 28.0. The van der Waals surface area contributed by atoms with Gasteiger partial charge in [0.15, 0.2) is 19.7 Å². The third kappa shape index (κ3) is 20.9. The number of hydrogen-bond donors (Lipinski definition) is 4. The summed E-state index contributed by atoms with van der Waals surface area (Å²) < 4.78 is 55.2. The molecule has 20 rings (SSSR count). The van der Waals surface area contributed by atoms with Crippen LogP contribution < -0.4 is 21.3 Å². The van der Waals surface area contributed by atoms with Gasteiger partial charge >= 0.3 is 0 Å². The molecule has 0 saturated carbocycles. The number of thioether (sulfide) groups is 1. The number of thiophene rings is 4. The van der Waals surface area contributed by atoms with E-state index >= 15 is 0 Å². The Labute approximate surface area is 789 Å². The molecule has 12 heterocycles. The van der Waals surface area contributed by atoms with Crippen molar-refractivity contribution >= 4 is 213 Å². The molecule has 4 aliphatic heterocycles. The van der Waals surface area contributed by atoms with Crippen molar-refractivity contribution in [1.29, 1.82) is 5.26 Å². The van der Waals surface area contributed by atoms with E-state index in [0.717, 1.165) is 186 Å². The van der Waals surface area contributed by atoms with Crippen molar-refractivity contribution < 1.29 is 40.8 Å². The SMILES string of the molecule is CC(=O)N1CCc2c(sc(NC(=O)c3ccc(C#N)cc3)c2-c2nc3ccccc3s2)C1.CCN1CCc2c(sc(NC(=O)CCS(=O)(=O)c3ccccc3)c2-c2nc3ccccc3s2)C1.Cc1ccc(S(=O)(=O)CC(=O)Nc2sc3c(c2-c2nc4ccccc4s2)CCN(C)C3)cc1.Cc1ccc(SCC(=O)Nc2sc3c(c2-c2nc4ccccc4s2)CCN(C)C3)cc1. The lowest BCUT2D eigenvalue weighted by Gasteiger charge is -2.26. The van der Waals surface area contributed by atoms with Crippen molar-refractivity contribution in [2.24, 2.45) is 0 Å². The molecule has 0 unspecified atom stereocenters. The summed E-state index contributed by atoms with van der Waals surface area (Å²) in [5.74, 6) is -1.43. The molecule has 0 atom stereocenters. The van der Waals surface area contributed by atoms with Crippen molar-refractivity contribution in [2.75, 3.05) is 85.3 Å². The molecule has 130 heavy (non-hydrogen) atoms. The van der Waals surface area contributed by atoms with Crippen LogP contribution in [0.1, 0.15) is 89.1 Å². The van der Waals surface area contributed by atoms with Gasteiger partial charge in [0.25, 0.3) is 5.91 Å². The summed E-state index contributed by atoms with van der Waals surface area (Å²) >= 11 is 14.4. The second kappa shape index (κ2) is 40.0. The predicted octanol–water partition coefficient (Wildman–Crippen LogP) is 21.0. The topological polar surface area (TPSA) is 290 Å². The molecule has 8 aromatic carbocycles. The first-order valence-corrected chi connectivity index (χ1v) is 53.0. The average molecular weight is 1930 g/mol. The second-order valence-corrected chi connectivity index (χ2v) is 45.6. The number of nitrogens with one attached hydrogen (secondary N) is 4. The van der Waals surface area contributed by atoms with Crippen LogP contribution in [0.4, 0.5) is 20.0 Å². The maximum absolute atomic E-state index is 13.0. The largest absolute Gasteiger partial charge is 0.337 e. The lowest BCUT2D eigenvalue weighted by atomic mass is 10.0. The van der Waals surface area contributed by atoms with Gasteiger partial charge in [0.2, 0.25) is 23.6 Å². The standard InChI is InChI=1S/C25H25N3O3S3.C24H18N4O2S2.C24H23N3O3S3.C24H23N3OS3/c1-2-28-14-12-18-21(16-28)33-25(23(18)24-26-19-10-6-7-11-20(19)32-24)27-22(29)13-15-34(30,31)17-8-4-3-5-9-17;1-14(29)28-11-10-17-20(13-28)32-24(27-22(30)16-8-6-15(12-25)7-9-16)21(17)23-26-18-4-2-3-5-19(18)31-23;1-15-7-9-16(10-8-15)33(29,30)14-21(28)26-24-22(17-11-12-27(2)13-20(17)32-24)23-25-18-5-3-4-6-19(18)31-23;1-15-7-9-16(10-8-15)29-14-21(28)26-24-22(17-11-12-27(2)13-20(17)31-24)23-25-18-5-3-4-6-19(18)30-23/h3-11H,2,12-16H2,1H3,(H,27,29);2-9H,10-11,13H2,1H3,(H,27,30);3-10H,11-14H2,1-2H3,(H,26,28);3-10H,11-14H2,1-2H3,(H,26,28). The van der Waals surface area contributed by atoms with Gasteiger partial charge < -0.3 is 36.0 Å². The number of aryl methyl sites for hydroxylation is 2. The number of carbonyl (C=O) groups excluding carboxylic acids is 5. The molecule has 0 fully saturated rings. The number of sulfone groups is 2. The number of nitrogens with zero attached hydrogens (tertiary/aromatic N) is 9. The number of para-hydroxylation sites is 4. The van der Waals surface area contributed by atoms with Gasteiger partial charge in [-0.2, -0.15) is 5.26 Å². The van der Waals surface area contributed by atoms with Crippen LogP contribution in [0.3, 0.4) is 0 Å². The zero-order valence-corrected chi connectivity index (χ0v) is 80.7. The van der Waals surface area contributed by atoms with Crippen molar-refractivity contribution in [2.45, 2.75) is 101 Å². The number of aromatic nitrogens is 4. The monoisotopic (exact) mass is 1930 g/mol. The summed E-state index contributed by atoms with van der Waals surface area (Å²) in [5.41, 5.74) is 16.0. The van der Waals surface area contributed by atoms with Crippen LogP contribution in [-0.4, -0.2) is 150 Å². The highest BCUT2D eigenvalue weighted by molar-refractivity contribution is 8.00. The van der Waals surface area contributed by atoms with Crippen molar-refractivity contribution in [3.8, 4) is 48.4 Å². The smallest absolute Gasteiger partial charge is 0.256 e. The molecular formula is C97H89N13O9S11. The fourth-order valence-electron chi connectivity index (χ4n) is 15.8. The summed E-state index contributed by atoms with van der Waals surface area (Å²) in [4.78, 5) is 98.1. The Kier molecular flexibility index (Phi) is 28.0. The van der Waals surface area contributed by atoms with Gasteiger partial charge in [-0.3, -0.25) is 28.9 Å². The molecule has 4 N–H and O–H groups in total. The van der Waals surface area contributed by atoms with E-state index in [9.17, 15) is 40.8 Å². The number of nitriles is 1. The van der Waals surface area contributed by atoms with Gasteiger partial charge in [0.05, 0.1) is 80.3 Å².